The van der Waals surface area contributed by atoms with Crippen molar-refractivity contribution in [3.8, 4) is 11.5 Å². The summed E-state index contributed by atoms with van der Waals surface area (Å²) in [6.07, 6.45) is 0. The predicted octanol–water partition coefficient (Wildman–Crippen LogP) is 4.02. The summed E-state index contributed by atoms with van der Waals surface area (Å²) in [5.41, 5.74) is 1.67. The van der Waals surface area contributed by atoms with Gasteiger partial charge in [0.2, 0.25) is 0 Å². The number of furan rings is 1. The van der Waals surface area contributed by atoms with Crippen LogP contribution >= 0.6 is 15.9 Å². The fourth-order valence-corrected chi connectivity index (χ4v) is 3.51. The third kappa shape index (κ3) is 4.04. The third-order valence-electron chi connectivity index (χ3n) is 4.69. The number of nitrogens with zero attached hydrogens (tertiary/aromatic N) is 1. The number of halogens is 1. The van der Waals surface area contributed by atoms with Gasteiger partial charge >= 0.3 is 0 Å². The summed E-state index contributed by atoms with van der Waals surface area (Å²) in [5.74, 6) is 0.827. The summed E-state index contributed by atoms with van der Waals surface area (Å²) in [7, 11) is 1.60. The number of hydrogen-bond donors (Lipinski definition) is 1. The second-order valence-electron chi connectivity index (χ2n) is 6.61. The van der Waals surface area contributed by atoms with E-state index in [2.05, 4.69) is 21.2 Å². The van der Waals surface area contributed by atoms with E-state index >= 15 is 0 Å². The smallest absolute Gasteiger partial charge is 0.293 e. The van der Waals surface area contributed by atoms with Crippen molar-refractivity contribution in [2.45, 2.75) is 6.54 Å². The van der Waals surface area contributed by atoms with Crippen LogP contribution in [0.5, 0.6) is 11.5 Å². The maximum absolute atomic E-state index is 12.9. The van der Waals surface area contributed by atoms with E-state index in [1.54, 1.807) is 43.4 Å². The Balaban J connectivity index is 1.52. The first kappa shape index (κ1) is 20.0. The van der Waals surface area contributed by atoms with Crippen LogP contribution in [0.1, 0.15) is 26.5 Å². The zero-order valence-corrected chi connectivity index (χ0v) is 17.8. The average molecular weight is 471 g/mol. The molecule has 0 radical (unpaired) electrons. The van der Waals surface area contributed by atoms with Crippen LogP contribution in [0.15, 0.2) is 63.7 Å². The molecule has 0 saturated heterocycles. The summed E-state index contributed by atoms with van der Waals surface area (Å²) in [5, 5.41) is 2.90. The number of amides is 2. The van der Waals surface area contributed by atoms with Crippen molar-refractivity contribution < 1.29 is 23.5 Å². The van der Waals surface area contributed by atoms with Gasteiger partial charge in [-0.1, -0.05) is 24.3 Å². The summed E-state index contributed by atoms with van der Waals surface area (Å²) in [4.78, 5) is 27.0. The highest BCUT2D eigenvalue weighted by Gasteiger charge is 2.22. The largest absolute Gasteiger partial charge is 0.486 e. The summed E-state index contributed by atoms with van der Waals surface area (Å²) >= 11 is 3.19. The molecule has 7 nitrogen and oxygen atoms in total. The lowest BCUT2D eigenvalue weighted by Gasteiger charge is -2.22. The van der Waals surface area contributed by atoms with Crippen molar-refractivity contribution in [3.63, 3.8) is 0 Å². The molecule has 0 atom stereocenters. The average Bonchev–Trinajstić information content (AvgIpc) is 3.22. The molecule has 0 fully saturated rings. The first-order valence-electron chi connectivity index (χ1n) is 9.32. The Morgan fingerprint density at radius 3 is 2.63 bits per heavy atom. The van der Waals surface area contributed by atoms with E-state index in [0.717, 1.165) is 5.56 Å². The molecule has 0 spiro atoms. The van der Waals surface area contributed by atoms with Crippen LogP contribution in [-0.2, 0) is 6.54 Å². The highest BCUT2D eigenvalue weighted by atomic mass is 79.9. The monoisotopic (exact) mass is 470 g/mol. The molecule has 1 aliphatic rings. The number of benzene rings is 2. The lowest BCUT2D eigenvalue weighted by atomic mass is 10.1. The molecule has 0 unspecified atom stereocenters. The molecule has 154 valence electrons. The second kappa shape index (κ2) is 8.62. The number of para-hydroxylation sites is 2. The van der Waals surface area contributed by atoms with Crippen LogP contribution in [0.2, 0.25) is 0 Å². The van der Waals surface area contributed by atoms with Gasteiger partial charge in [0.1, 0.15) is 13.2 Å². The van der Waals surface area contributed by atoms with Gasteiger partial charge in [0.15, 0.2) is 21.9 Å². The van der Waals surface area contributed by atoms with Crippen molar-refractivity contribution in [2.75, 3.05) is 25.2 Å². The van der Waals surface area contributed by atoms with Crippen molar-refractivity contribution in [3.05, 3.63) is 76.2 Å². The Labute approximate surface area is 181 Å². The number of fused-ring (bicyclic) bond motifs is 1. The molecule has 2 heterocycles. The van der Waals surface area contributed by atoms with E-state index in [9.17, 15) is 9.59 Å². The maximum atomic E-state index is 12.9. The van der Waals surface area contributed by atoms with E-state index in [-0.39, 0.29) is 24.1 Å². The zero-order chi connectivity index (χ0) is 21.1. The van der Waals surface area contributed by atoms with Crippen LogP contribution in [0.3, 0.4) is 0 Å². The molecule has 2 amide bonds. The molecule has 4 rings (SSSR count). The molecule has 0 bridgehead atoms. The normalized spacial score (nSPS) is 12.3. The summed E-state index contributed by atoms with van der Waals surface area (Å²) in [6, 6.07) is 15.7. The molecular formula is C22H19BrN2O5. The first-order chi connectivity index (χ1) is 14.5. The quantitative estimate of drug-likeness (QED) is 0.608. The van der Waals surface area contributed by atoms with Crippen molar-refractivity contribution in [1.29, 1.82) is 0 Å². The minimum atomic E-state index is -0.358. The summed E-state index contributed by atoms with van der Waals surface area (Å²) in [6.45, 7) is 1.24. The van der Waals surface area contributed by atoms with Crippen LogP contribution in [0.25, 0.3) is 0 Å². The molecule has 0 saturated carbocycles. The van der Waals surface area contributed by atoms with Gasteiger partial charge in [-0.3, -0.25) is 9.59 Å². The number of ether oxygens (including phenoxy) is 2. The van der Waals surface area contributed by atoms with Crippen LogP contribution in [0, 0.1) is 0 Å². The van der Waals surface area contributed by atoms with Gasteiger partial charge < -0.3 is 24.1 Å². The number of carbonyl (C=O) groups is 2. The van der Waals surface area contributed by atoms with Gasteiger partial charge in [-0.15, -0.1) is 0 Å². The number of hydrogen-bond acceptors (Lipinski definition) is 5. The lowest BCUT2D eigenvalue weighted by molar-refractivity contribution is 0.0950. The Morgan fingerprint density at radius 1 is 1.03 bits per heavy atom. The molecule has 1 aromatic heterocycles. The second-order valence-corrected chi connectivity index (χ2v) is 7.39. The lowest BCUT2D eigenvalue weighted by Crippen LogP contribution is -2.30. The van der Waals surface area contributed by atoms with Gasteiger partial charge in [0.05, 0.1) is 11.3 Å². The van der Waals surface area contributed by atoms with Gasteiger partial charge in [-0.25, -0.2) is 0 Å². The molecule has 2 aromatic carbocycles. The fraction of sp³-hybridized carbons (Fsp3) is 0.182. The first-order valence-corrected chi connectivity index (χ1v) is 10.1. The third-order valence-corrected chi connectivity index (χ3v) is 5.11. The van der Waals surface area contributed by atoms with E-state index in [1.807, 2.05) is 18.2 Å². The number of carbonyl (C=O) groups excluding carboxylic acids is 2. The maximum Gasteiger partial charge on any atom is 0.293 e. The van der Waals surface area contributed by atoms with Crippen LogP contribution in [-0.4, -0.2) is 32.1 Å². The topological polar surface area (TPSA) is 81.0 Å². The SMILES string of the molecule is CN(C(=O)c1ccc(Br)o1)c1ccccc1C(=O)NCc1cccc2c1OCCO2. The molecule has 1 aliphatic heterocycles. The minimum Gasteiger partial charge on any atom is -0.486 e. The molecular weight excluding hydrogens is 452 g/mol. The Hall–Kier alpha value is -3.26. The fourth-order valence-electron chi connectivity index (χ4n) is 3.21. The highest BCUT2D eigenvalue weighted by Crippen LogP contribution is 2.33. The molecule has 8 heteroatoms. The highest BCUT2D eigenvalue weighted by molar-refractivity contribution is 9.10. The minimum absolute atomic E-state index is 0.174. The van der Waals surface area contributed by atoms with Gasteiger partial charge in [-0.2, -0.15) is 0 Å². The van der Waals surface area contributed by atoms with Crippen LogP contribution < -0.4 is 19.7 Å². The van der Waals surface area contributed by atoms with E-state index in [4.69, 9.17) is 13.9 Å². The zero-order valence-electron chi connectivity index (χ0n) is 16.2. The molecule has 0 aliphatic carbocycles. The van der Waals surface area contributed by atoms with E-state index < -0.39 is 0 Å². The standard InChI is InChI=1S/C22H19BrN2O5/c1-25(22(27)18-9-10-19(23)30-18)16-7-3-2-6-15(16)21(26)24-13-14-5-4-8-17-20(14)29-12-11-28-17/h2-10H,11-13H2,1H3,(H,24,26). The number of anilines is 1. The Bertz CT molecular complexity index is 1090. The Kier molecular flexibility index (Phi) is 5.76. The van der Waals surface area contributed by atoms with Gasteiger partial charge in [0, 0.05) is 19.2 Å². The van der Waals surface area contributed by atoms with Crippen molar-refractivity contribution in [2.24, 2.45) is 0 Å². The molecule has 30 heavy (non-hydrogen) atoms. The number of nitrogens with one attached hydrogen (secondary N) is 1. The predicted molar refractivity (Wildman–Crippen MR) is 114 cm³/mol. The van der Waals surface area contributed by atoms with E-state index in [0.29, 0.717) is 40.6 Å². The van der Waals surface area contributed by atoms with Crippen LogP contribution in [0.4, 0.5) is 5.69 Å². The van der Waals surface area contributed by atoms with Crippen molar-refractivity contribution >= 4 is 33.4 Å². The van der Waals surface area contributed by atoms with Gasteiger partial charge in [-0.05, 0) is 46.3 Å². The number of rotatable bonds is 5. The van der Waals surface area contributed by atoms with Gasteiger partial charge in [0.25, 0.3) is 11.8 Å². The molecule has 1 N–H and O–H groups in total. The molecule has 3 aromatic rings. The van der Waals surface area contributed by atoms with Crippen molar-refractivity contribution in [1.82, 2.24) is 5.32 Å². The summed E-state index contributed by atoms with van der Waals surface area (Å²) < 4.78 is 17.1. The Morgan fingerprint density at radius 2 is 1.83 bits per heavy atom. The van der Waals surface area contributed by atoms with E-state index in [1.165, 1.54) is 4.90 Å².